The average molecular weight is 222 g/mol. The molecule has 0 aliphatic carbocycles. The van der Waals surface area contributed by atoms with E-state index >= 15 is 0 Å². The summed E-state index contributed by atoms with van der Waals surface area (Å²) < 4.78 is 1.76. The molecule has 0 aliphatic rings. The van der Waals surface area contributed by atoms with Crippen molar-refractivity contribution >= 4 is 0 Å². The van der Waals surface area contributed by atoms with Gasteiger partial charge in [-0.2, -0.15) is 0 Å². The van der Waals surface area contributed by atoms with E-state index < -0.39 is 0 Å². The molecule has 0 saturated heterocycles. The van der Waals surface area contributed by atoms with Gasteiger partial charge in [0.15, 0.2) is 0 Å². The summed E-state index contributed by atoms with van der Waals surface area (Å²) in [5.74, 6) is 0. The van der Waals surface area contributed by atoms with Crippen LogP contribution >= 0.6 is 0 Å². The van der Waals surface area contributed by atoms with Crippen molar-refractivity contribution in [2.24, 2.45) is 5.41 Å². The van der Waals surface area contributed by atoms with E-state index in [4.69, 9.17) is 0 Å². The Hall–Kier alpha value is -1.09. The zero-order valence-electron chi connectivity index (χ0n) is 10.7. The first kappa shape index (κ1) is 13.0. The van der Waals surface area contributed by atoms with Gasteiger partial charge in [-0.25, -0.2) is 0 Å². The van der Waals surface area contributed by atoms with Crippen molar-refractivity contribution in [1.82, 2.24) is 9.88 Å². The summed E-state index contributed by atoms with van der Waals surface area (Å²) in [5, 5.41) is 3.44. The molecule has 3 nitrogen and oxygen atoms in total. The predicted molar refractivity (Wildman–Crippen MR) is 67.6 cm³/mol. The van der Waals surface area contributed by atoms with Crippen molar-refractivity contribution in [3.05, 3.63) is 34.7 Å². The van der Waals surface area contributed by atoms with Crippen molar-refractivity contribution < 1.29 is 0 Å². The highest BCUT2D eigenvalue weighted by Crippen LogP contribution is 2.20. The largest absolute Gasteiger partial charge is 0.314 e. The molecular weight excluding hydrogens is 200 g/mol. The number of hydrogen-bond donors (Lipinski definition) is 1. The predicted octanol–water partition coefficient (Wildman–Crippen LogP) is 1.87. The molecular formula is C13H22N2O. The average Bonchev–Trinajstić information content (AvgIpc) is 2.19. The fraction of sp³-hybridized carbons (Fsp3) is 0.615. The second-order valence-corrected chi connectivity index (χ2v) is 5.17. The minimum atomic E-state index is 0.0645. The number of pyridine rings is 1. The van der Waals surface area contributed by atoms with Crippen molar-refractivity contribution in [2.75, 3.05) is 6.54 Å². The lowest BCUT2D eigenvalue weighted by atomic mass is 9.86. The smallest absolute Gasteiger partial charge is 0.250 e. The standard InChI is InChI=1S/C13H22N2O/c1-5-14-11(13(2,3)4)10-15-9-7-6-8-12(15)16/h6-9,11,14H,5,10H2,1-4H3. The normalized spacial score (nSPS) is 13.8. The lowest BCUT2D eigenvalue weighted by Gasteiger charge is -2.31. The highest BCUT2D eigenvalue weighted by Gasteiger charge is 2.23. The van der Waals surface area contributed by atoms with Crippen molar-refractivity contribution in [3.63, 3.8) is 0 Å². The third kappa shape index (κ3) is 3.49. The summed E-state index contributed by atoms with van der Waals surface area (Å²) >= 11 is 0. The van der Waals surface area contributed by atoms with E-state index in [-0.39, 0.29) is 11.0 Å². The Balaban J connectivity index is 2.84. The molecule has 0 radical (unpaired) electrons. The fourth-order valence-corrected chi connectivity index (χ4v) is 1.70. The molecule has 0 spiro atoms. The number of aromatic nitrogens is 1. The van der Waals surface area contributed by atoms with E-state index in [1.54, 1.807) is 16.7 Å². The molecule has 90 valence electrons. The maximum absolute atomic E-state index is 11.6. The first-order valence-electron chi connectivity index (χ1n) is 5.84. The Morgan fingerprint density at radius 1 is 1.38 bits per heavy atom. The summed E-state index contributed by atoms with van der Waals surface area (Å²) in [7, 11) is 0. The number of nitrogens with zero attached hydrogens (tertiary/aromatic N) is 1. The molecule has 3 heteroatoms. The van der Waals surface area contributed by atoms with Crippen LogP contribution in [0.5, 0.6) is 0 Å². The van der Waals surface area contributed by atoms with Gasteiger partial charge in [0.2, 0.25) is 0 Å². The van der Waals surface area contributed by atoms with E-state index in [0.717, 1.165) is 13.1 Å². The SMILES string of the molecule is CCNC(Cn1ccccc1=O)C(C)(C)C. The first-order chi connectivity index (χ1) is 7.45. The highest BCUT2D eigenvalue weighted by molar-refractivity contribution is 4.94. The first-order valence-corrected chi connectivity index (χ1v) is 5.84. The van der Waals surface area contributed by atoms with Gasteiger partial charge in [-0.1, -0.05) is 33.8 Å². The Morgan fingerprint density at radius 2 is 2.06 bits per heavy atom. The van der Waals surface area contributed by atoms with Crippen LogP contribution in [0.3, 0.4) is 0 Å². The van der Waals surface area contributed by atoms with E-state index in [1.807, 2.05) is 12.3 Å². The van der Waals surface area contributed by atoms with Crippen LogP contribution in [0.2, 0.25) is 0 Å². The van der Waals surface area contributed by atoms with Crippen LogP contribution in [-0.4, -0.2) is 17.2 Å². The quantitative estimate of drug-likeness (QED) is 0.844. The minimum absolute atomic E-state index is 0.0645. The lowest BCUT2D eigenvalue weighted by Crippen LogP contribution is -2.44. The van der Waals surface area contributed by atoms with Gasteiger partial charge in [0.1, 0.15) is 0 Å². The summed E-state index contributed by atoms with van der Waals surface area (Å²) in [4.78, 5) is 11.6. The number of nitrogens with one attached hydrogen (secondary N) is 1. The number of rotatable bonds is 4. The van der Waals surface area contributed by atoms with Crippen LogP contribution in [0, 0.1) is 5.41 Å². The third-order valence-electron chi connectivity index (χ3n) is 2.77. The summed E-state index contributed by atoms with van der Waals surface area (Å²) in [5.41, 5.74) is 0.209. The Morgan fingerprint density at radius 3 is 2.56 bits per heavy atom. The van der Waals surface area contributed by atoms with E-state index in [0.29, 0.717) is 6.04 Å². The molecule has 1 heterocycles. The maximum Gasteiger partial charge on any atom is 0.250 e. The number of hydrogen-bond acceptors (Lipinski definition) is 2. The van der Waals surface area contributed by atoms with Crippen LogP contribution in [0.1, 0.15) is 27.7 Å². The van der Waals surface area contributed by atoms with E-state index in [9.17, 15) is 4.79 Å². The van der Waals surface area contributed by atoms with Crippen LogP contribution in [0.25, 0.3) is 0 Å². The molecule has 1 unspecified atom stereocenters. The van der Waals surface area contributed by atoms with Gasteiger partial charge in [-0.3, -0.25) is 4.79 Å². The van der Waals surface area contributed by atoms with Crippen LogP contribution in [0.15, 0.2) is 29.2 Å². The second-order valence-electron chi connectivity index (χ2n) is 5.17. The van der Waals surface area contributed by atoms with Gasteiger partial charge in [0.05, 0.1) is 0 Å². The summed E-state index contributed by atoms with van der Waals surface area (Å²) in [6.45, 7) is 10.3. The van der Waals surface area contributed by atoms with Crippen molar-refractivity contribution in [3.8, 4) is 0 Å². The minimum Gasteiger partial charge on any atom is -0.314 e. The molecule has 0 amide bonds. The van der Waals surface area contributed by atoms with Crippen LogP contribution in [-0.2, 0) is 6.54 Å². The fourth-order valence-electron chi connectivity index (χ4n) is 1.70. The van der Waals surface area contributed by atoms with Gasteiger partial charge in [0.25, 0.3) is 5.56 Å². The second kappa shape index (κ2) is 5.30. The molecule has 1 aromatic heterocycles. The zero-order chi connectivity index (χ0) is 12.2. The lowest BCUT2D eigenvalue weighted by molar-refractivity contribution is 0.243. The van der Waals surface area contributed by atoms with Gasteiger partial charge in [-0.15, -0.1) is 0 Å². The summed E-state index contributed by atoms with van der Waals surface area (Å²) in [6, 6.07) is 5.58. The Bertz CT molecular complexity index is 376. The van der Waals surface area contributed by atoms with Crippen LogP contribution in [0.4, 0.5) is 0 Å². The Kier molecular flexibility index (Phi) is 4.30. The van der Waals surface area contributed by atoms with Gasteiger partial charge >= 0.3 is 0 Å². The molecule has 0 bridgehead atoms. The molecule has 1 atom stereocenters. The molecule has 1 aromatic rings. The van der Waals surface area contributed by atoms with Gasteiger partial charge in [-0.05, 0) is 18.0 Å². The third-order valence-corrected chi connectivity index (χ3v) is 2.77. The summed E-state index contributed by atoms with van der Waals surface area (Å²) in [6.07, 6.45) is 1.85. The topological polar surface area (TPSA) is 34.0 Å². The van der Waals surface area contributed by atoms with Crippen LogP contribution < -0.4 is 10.9 Å². The maximum atomic E-state index is 11.6. The Labute approximate surface area is 97.5 Å². The molecule has 0 fully saturated rings. The monoisotopic (exact) mass is 222 g/mol. The number of likely N-dealkylation sites (N-methyl/N-ethyl adjacent to an activating group) is 1. The zero-order valence-corrected chi connectivity index (χ0v) is 10.7. The van der Waals surface area contributed by atoms with Crippen molar-refractivity contribution in [2.45, 2.75) is 40.3 Å². The molecule has 16 heavy (non-hydrogen) atoms. The molecule has 1 N–H and O–H groups in total. The molecule has 0 saturated carbocycles. The van der Waals surface area contributed by atoms with E-state index in [1.165, 1.54) is 0 Å². The van der Waals surface area contributed by atoms with Gasteiger partial charge < -0.3 is 9.88 Å². The van der Waals surface area contributed by atoms with Crippen molar-refractivity contribution in [1.29, 1.82) is 0 Å². The van der Waals surface area contributed by atoms with E-state index in [2.05, 4.69) is 33.0 Å². The highest BCUT2D eigenvalue weighted by atomic mass is 16.1. The molecule has 0 aromatic carbocycles. The van der Waals surface area contributed by atoms with Gasteiger partial charge in [0, 0.05) is 24.8 Å². The molecule has 1 rings (SSSR count). The molecule has 0 aliphatic heterocycles.